The van der Waals surface area contributed by atoms with E-state index in [1.165, 1.54) is 12.8 Å². The Balaban J connectivity index is 1.59. The standard InChI is InChI=1S/C16H19N7/c1-2-6-13(7-3-1)23-15(17-12-20-23)10-22-9-5-4-8-14(22)16-18-11-19-21-16/h1-3,6-7,11-12,14H,4-5,8-10H2,(H,18,19,21)/t14-/m0/s1. The molecule has 3 heterocycles. The third-order valence-corrected chi connectivity index (χ3v) is 4.33. The first-order valence-corrected chi connectivity index (χ1v) is 7.95. The van der Waals surface area contributed by atoms with Crippen LogP contribution in [0.2, 0.25) is 0 Å². The van der Waals surface area contributed by atoms with E-state index in [-0.39, 0.29) is 6.04 Å². The summed E-state index contributed by atoms with van der Waals surface area (Å²) >= 11 is 0. The van der Waals surface area contributed by atoms with E-state index in [1.54, 1.807) is 12.7 Å². The molecule has 1 saturated heterocycles. The van der Waals surface area contributed by atoms with Gasteiger partial charge in [0.2, 0.25) is 0 Å². The highest BCUT2D eigenvalue weighted by Gasteiger charge is 2.27. The predicted octanol–water partition coefficient (Wildman–Crippen LogP) is 2.11. The van der Waals surface area contributed by atoms with Crippen LogP contribution in [0.15, 0.2) is 43.0 Å². The van der Waals surface area contributed by atoms with Gasteiger partial charge in [-0.25, -0.2) is 14.6 Å². The maximum absolute atomic E-state index is 4.47. The Morgan fingerprint density at radius 3 is 2.83 bits per heavy atom. The minimum Gasteiger partial charge on any atom is -0.286 e. The fourth-order valence-corrected chi connectivity index (χ4v) is 3.21. The van der Waals surface area contributed by atoms with Crippen molar-refractivity contribution in [2.45, 2.75) is 31.8 Å². The number of hydrogen-bond acceptors (Lipinski definition) is 5. The second-order valence-electron chi connectivity index (χ2n) is 5.78. The molecule has 1 N–H and O–H groups in total. The Bertz CT molecular complexity index is 735. The normalized spacial score (nSPS) is 19.0. The molecule has 2 aromatic heterocycles. The van der Waals surface area contributed by atoms with Gasteiger partial charge in [-0.2, -0.15) is 10.2 Å². The summed E-state index contributed by atoms with van der Waals surface area (Å²) in [4.78, 5) is 11.2. The van der Waals surface area contributed by atoms with Crippen LogP contribution in [-0.4, -0.2) is 41.4 Å². The van der Waals surface area contributed by atoms with Crippen LogP contribution < -0.4 is 0 Å². The Labute approximate surface area is 134 Å². The smallest absolute Gasteiger partial charge is 0.146 e. The maximum Gasteiger partial charge on any atom is 0.146 e. The van der Waals surface area contributed by atoms with E-state index in [4.69, 9.17) is 0 Å². The fraction of sp³-hybridized carbons (Fsp3) is 0.375. The Morgan fingerprint density at radius 1 is 1.09 bits per heavy atom. The molecule has 0 spiro atoms. The predicted molar refractivity (Wildman–Crippen MR) is 84.7 cm³/mol. The lowest BCUT2D eigenvalue weighted by atomic mass is 10.0. The number of likely N-dealkylation sites (tertiary alicyclic amines) is 1. The van der Waals surface area contributed by atoms with Crippen molar-refractivity contribution in [2.75, 3.05) is 6.54 Å². The van der Waals surface area contributed by atoms with Gasteiger partial charge in [0.05, 0.1) is 18.3 Å². The van der Waals surface area contributed by atoms with Gasteiger partial charge < -0.3 is 0 Å². The van der Waals surface area contributed by atoms with Crippen LogP contribution >= 0.6 is 0 Å². The number of aromatic amines is 1. The lowest BCUT2D eigenvalue weighted by molar-refractivity contribution is 0.129. The molecule has 0 radical (unpaired) electrons. The van der Waals surface area contributed by atoms with Crippen molar-refractivity contribution in [1.82, 2.24) is 34.8 Å². The van der Waals surface area contributed by atoms with Crippen LogP contribution in [0.1, 0.15) is 37.0 Å². The fourth-order valence-electron chi connectivity index (χ4n) is 3.21. The largest absolute Gasteiger partial charge is 0.286 e. The molecule has 1 atom stereocenters. The zero-order valence-corrected chi connectivity index (χ0v) is 12.8. The zero-order chi connectivity index (χ0) is 15.5. The molecule has 0 saturated carbocycles. The summed E-state index contributed by atoms with van der Waals surface area (Å²) in [5.74, 6) is 1.89. The molecule has 3 aromatic rings. The number of rotatable bonds is 4. The molecule has 7 heteroatoms. The molecule has 0 unspecified atom stereocenters. The van der Waals surface area contributed by atoms with Gasteiger partial charge in [-0.05, 0) is 31.5 Å². The molecular weight excluding hydrogens is 290 g/mol. The van der Waals surface area contributed by atoms with Gasteiger partial charge in [0, 0.05) is 0 Å². The Hall–Kier alpha value is -2.54. The van der Waals surface area contributed by atoms with Crippen molar-refractivity contribution in [2.24, 2.45) is 0 Å². The molecule has 7 nitrogen and oxygen atoms in total. The molecule has 0 amide bonds. The van der Waals surface area contributed by atoms with E-state index in [1.807, 2.05) is 35.0 Å². The second kappa shape index (κ2) is 6.29. The van der Waals surface area contributed by atoms with E-state index in [0.29, 0.717) is 0 Å². The Morgan fingerprint density at radius 2 is 2.00 bits per heavy atom. The van der Waals surface area contributed by atoms with Crippen molar-refractivity contribution in [3.63, 3.8) is 0 Å². The molecule has 0 bridgehead atoms. The van der Waals surface area contributed by atoms with E-state index in [2.05, 4.69) is 30.2 Å². The highest BCUT2D eigenvalue weighted by atomic mass is 15.4. The van der Waals surface area contributed by atoms with Crippen molar-refractivity contribution in [1.29, 1.82) is 0 Å². The molecule has 4 rings (SSSR count). The van der Waals surface area contributed by atoms with Crippen molar-refractivity contribution < 1.29 is 0 Å². The van der Waals surface area contributed by atoms with Crippen molar-refractivity contribution >= 4 is 0 Å². The van der Waals surface area contributed by atoms with Gasteiger partial charge >= 0.3 is 0 Å². The number of hydrogen-bond donors (Lipinski definition) is 1. The first kappa shape index (κ1) is 14.1. The molecule has 1 aromatic carbocycles. The van der Waals surface area contributed by atoms with Gasteiger partial charge in [0.1, 0.15) is 24.3 Å². The minimum absolute atomic E-state index is 0.271. The van der Waals surface area contributed by atoms with Gasteiger partial charge in [0.15, 0.2) is 0 Å². The highest BCUT2D eigenvalue weighted by Crippen LogP contribution is 2.29. The summed E-state index contributed by atoms with van der Waals surface area (Å²) in [7, 11) is 0. The monoisotopic (exact) mass is 309 g/mol. The number of benzene rings is 1. The van der Waals surface area contributed by atoms with Crippen LogP contribution in [0.4, 0.5) is 0 Å². The van der Waals surface area contributed by atoms with Crippen molar-refractivity contribution in [3.05, 3.63) is 54.6 Å². The average Bonchev–Trinajstić information content (AvgIpc) is 3.28. The molecule has 118 valence electrons. The first-order chi connectivity index (χ1) is 11.4. The maximum atomic E-state index is 4.47. The van der Waals surface area contributed by atoms with E-state index >= 15 is 0 Å². The third-order valence-electron chi connectivity index (χ3n) is 4.33. The summed E-state index contributed by atoms with van der Waals surface area (Å²) in [5, 5.41) is 11.4. The minimum atomic E-state index is 0.271. The summed E-state index contributed by atoms with van der Waals surface area (Å²) in [6.45, 7) is 1.78. The SMILES string of the molecule is c1ccc(-n2ncnc2CN2CCCC[C@H]2c2ncn[nH]2)cc1. The number of H-pyrrole nitrogens is 1. The van der Waals surface area contributed by atoms with Crippen LogP contribution in [0.25, 0.3) is 5.69 Å². The lowest BCUT2D eigenvalue weighted by Crippen LogP contribution is -2.34. The zero-order valence-electron chi connectivity index (χ0n) is 12.8. The quantitative estimate of drug-likeness (QED) is 0.799. The molecular formula is C16H19N7. The number of para-hydroxylation sites is 1. The van der Waals surface area contributed by atoms with Crippen LogP contribution in [-0.2, 0) is 6.54 Å². The average molecular weight is 309 g/mol. The number of nitrogens with zero attached hydrogens (tertiary/aromatic N) is 6. The second-order valence-corrected chi connectivity index (χ2v) is 5.78. The molecule has 0 aliphatic carbocycles. The van der Waals surface area contributed by atoms with Gasteiger partial charge in [-0.3, -0.25) is 10.00 Å². The molecule has 1 fully saturated rings. The summed E-state index contributed by atoms with van der Waals surface area (Å²) in [5.41, 5.74) is 1.04. The molecule has 1 aliphatic rings. The summed E-state index contributed by atoms with van der Waals surface area (Å²) < 4.78 is 1.91. The lowest BCUT2D eigenvalue weighted by Gasteiger charge is -2.33. The summed E-state index contributed by atoms with van der Waals surface area (Å²) in [6, 6.07) is 10.4. The van der Waals surface area contributed by atoms with Gasteiger partial charge in [-0.1, -0.05) is 24.6 Å². The molecule has 23 heavy (non-hydrogen) atoms. The Kier molecular flexibility index (Phi) is 3.85. The third kappa shape index (κ3) is 2.87. The number of nitrogens with one attached hydrogen (secondary N) is 1. The van der Waals surface area contributed by atoms with Crippen LogP contribution in [0.3, 0.4) is 0 Å². The van der Waals surface area contributed by atoms with E-state index in [9.17, 15) is 0 Å². The van der Waals surface area contributed by atoms with Gasteiger partial charge in [0.25, 0.3) is 0 Å². The van der Waals surface area contributed by atoms with E-state index in [0.717, 1.165) is 36.8 Å². The van der Waals surface area contributed by atoms with Crippen LogP contribution in [0, 0.1) is 0 Å². The first-order valence-electron chi connectivity index (χ1n) is 7.95. The van der Waals surface area contributed by atoms with Crippen molar-refractivity contribution in [3.8, 4) is 5.69 Å². The number of aromatic nitrogens is 6. The highest BCUT2D eigenvalue weighted by molar-refractivity contribution is 5.30. The van der Waals surface area contributed by atoms with Crippen LogP contribution in [0.5, 0.6) is 0 Å². The number of piperidine rings is 1. The van der Waals surface area contributed by atoms with E-state index < -0.39 is 0 Å². The van der Waals surface area contributed by atoms with Gasteiger partial charge in [-0.15, -0.1) is 0 Å². The summed E-state index contributed by atoms with van der Waals surface area (Å²) in [6.07, 6.45) is 6.70. The topological polar surface area (TPSA) is 75.5 Å². The molecule has 1 aliphatic heterocycles.